The molecule has 2 fully saturated rings. The second kappa shape index (κ2) is 9.58. The molecule has 1 N–H and O–H groups in total. The number of fused-ring (bicyclic) bond motifs is 2. The van der Waals surface area contributed by atoms with E-state index in [1.165, 1.54) is 13.4 Å². The molecule has 0 spiro atoms. The smallest absolute Gasteiger partial charge is 0.264 e. The van der Waals surface area contributed by atoms with Crippen LogP contribution in [0.1, 0.15) is 6.92 Å². The minimum Gasteiger partial charge on any atom is -0.493 e. The highest BCUT2D eigenvalue weighted by atomic mass is 79.9. The first-order valence-corrected chi connectivity index (χ1v) is 13.9. The quantitative estimate of drug-likeness (QED) is 0.398. The molecule has 13 heteroatoms. The Hall–Kier alpha value is -2.22. The number of benzene rings is 2. The third kappa shape index (κ3) is 4.85. The molecule has 1 unspecified atom stereocenters. The van der Waals surface area contributed by atoms with E-state index in [0.717, 1.165) is 16.4 Å². The van der Waals surface area contributed by atoms with Crippen molar-refractivity contribution in [3.05, 3.63) is 46.2 Å². The highest BCUT2D eigenvalue weighted by Gasteiger charge is 2.59. The fourth-order valence-corrected chi connectivity index (χ4v) is 5.52. The molecule has 0 radical (unpaired) electrons. The van der Waals surface area contributed by atoms with Crippen LogP contribution in [0.2, 0.25) is 5.02 Å². The highest BCUT2D eigenvalue weighted by molar-refractivity contribution is 9.10. The molecule has 5 rings (SSSR count). The van der Waals surface area contributed by atoms with Gasteiger partial charge in [0.05, 0.1) is 37.1 Å². The monoisotopic (exact) mass is 599 g/mol. The molecule has 3 heterocycles. The van der Waals surface area contributed by atoms with Gasteiger partial charge in [0.15, 0.2) is 17.6 Å². The lowest BCUT2D eigenvalue weighted by Gasteiger charge is -2.27. The summed E-state index contributed by atoms with van der Waals surface area (Å²) in [6.07, 6.45) is 0.638. The number of halogens is 2. The number of nitrogens with one attached hydrogen (secondary N) is 1. The van der Waals surface area contributed by atoms with Crippen LogP contribution in [-0.2, 0) is 23.8 Å². The first-order chi connectivity index (χ1) is 17.1. The van der Waals surface area contributed by atoms with Crippen molar-refractivity contribution in [2.24, 2.45) is 0 Å². The molecule has 2 aliphatic heterocycles. The van der Waals surface area contributed by atoms with E-state index in [1.807, 2.05) is 12.1 Å². The summed E-state index contributed by atoms with van der Waals surface area (Å²) >= 11 is 9.61. The van der Waals surface area contributed by atoms with Crippen LogP contribution in [0.25, 0.3) is 10.9 Å². The van der Waals surface area contributed by atoms with Crippen molar-refractivity contribution >= 4 is 60.1 Å². The van der Waals surface area contributed by atoms with Gasteiger partial charge in [0.1, 0.15) is 30.0 Å². The Morgan fingerprint density at radius 1 is 1.19 bits per heavy atom. The largest absolute Gasteiger partial charge is 0.493 e. The molecule has 192 valence electrons. The van der Waals surface area contributed by atoms with E-state index in [1.54, 1.807) is 25.1 Å². The summed E-state index contributed by atoms with van der Waals surface area (Å²) in [4.78, 5) is 8.77. The fraction of sp³-hybridized carbons (Fsp3) is 0.391. The zero-order valence-electron chi connectivity index (χ0n) is 19.5. The van der Waals surface area contributed by atoms with Crippen LogP contribution in [0.15, 0.2) is 41.1 Å². The molecule has 1 aromatic heterocycles. The van der Waals surface area contributed by atoms with Crippen molar-refractivity contribution in [1.82, 2.24) is 9.97 Å². The minimum atomic E-state index is -3.68. The van der Waals surface area contributed by atoms with E-state index in [2.05, 4.69) is 31.2 Å². The van der Waals surface area contributed by atoms with Crippen LogP contribution < -0.4 is 14.8 Å². The van der Waals surface area contributed by atoms with Gasteiger partial charge >= 0.3 is 0 Å². The molecular weight excluding hydrogens is 578 g/mol. The molecule has 2 saturated heterocycles. The Balaban J connectivity index is 1.41. The summed E-state index contributed by atoms with van der Waals surface area (Å²) in [7, 11) is -2.14. The van der Waals surface area contributed by atoms with Gasteiger partial charge < -0.3 is 24.3 Å². The lowest BCUT2D eigenvalue weighted by molar-refractivity contribution is -0.0511. The number of aromatic nitrogens is 2. The molecule has 0 aliphatic carbocycles. The van der Waals surface area contributed by atoms with Gasteiger partial charge in [-0.1, -0.05) is 11.6 Å². The van der Waals surface area contributed by atoms with Crippen molar-refractivity contribution in [2.75, 3.05) is 31.9 Å². The van der Waals surface area contributed by atoms with E-state index in [9.17, 15) is 8.42 Å². The van der Waals surface area contributed by atoms with Gasteiger partial charge in [0.2, 0.25) is 0 Å². The average Bonchev–Trinajstić information content (AvgIpc) is 3.30. The summed E-state index contributed by atoms with van der Waals surface area (Å²) in [5.74, 6) is 1.47. The first kappa shape index (κ1) is 25.4. The lowest BCUT2D eigenvalue weighted by atomic mass is 9.95. The molecule has 36 heavy (non-hydrogen) atoms. The Bertz CT molecular complexity index is 1430. The Morgan fingerprint density at radius 3 is 2.72 bits per heavy atom. The van der Waals surface area contributed by atoms with Crippen LogP contribution in [0.4, 0.5) is 11.5 Å². The molecule has 2 aliphatic rings. The number of anilines is 2. The van der Waals surface area contributed by atoms with E-state index in [4.69, 9.17) is 34.7 Å². The third-order valence-corrected chi connectivity index (χ3v) is 8.01. The van der Waals surface area contributed by atoms with Crippen LogP contribution in [-0.4, -0.2) is 68.9 Å². The van der Waals surface area contributed by atoms with Gasteiger partial charge in [-0.3, -0.25) is 4.18 Å². The SMILES string of the molecule is COc1cc2c(Nc3ccc(Br)c(Cl)c3)ncnc2cc1O[C@@H]1COC2(C)[C@@H](OS(C)(=O)=O)CO[C@@H]12. The maximum absolute atomic E-state index is 11.7. The van der Waals surface area contributed by atoms with Crippen LogP contribution in [0.5, 0.6) is 11.5 Å². The minimum absolute atomic E-state index is 0.0747. The van der Waals surface area contributed by atoms with Gasteiger partial charge in [-0.25, -0.2) is 9.97 Å². The number of rotatable bonds is 7. The summed E-state index contributed by atoms with van der Waals surface area (Å²) in [6.45, 7) is 2.03. The van der Waals surface area contributed by atoms with Crippen LogP contribution >= 0.6 is 27.5 Å². The predicted octanol–water partition coefficient (Wildman–Crippen LogP) is 4.08. The number of hydrogen-bond acceptors (Lipinski definition) is 10. The number of nitrogens with zero attached hydrogens (tertiary/aromatic N) is 2. The molecule has 0 amide bonds. The molecule has 0 saturated carbocycles. The summed E-state index contributed by atoms with van der Waals surface area (Å²) in [5, 5.41) is 4.54. The van der Waals surface area contributed by atoms with Crippen molar-refractivity contribution < 1.29 is 31.5 Å². The Morgan fingerprint density at radius 2 is 2.00 bits per heavy atom. The predicted molar refractivity (Wildman–Crippen MR) is 137 cm³/mol. The first-order valence-electron chi connectivity index (χ1n) is 10.9. The molecule has 0 bridgehead atoms. The van der Waals surface area contributed by atoms with Crippen molar-refractivity contribution in [3.63, 3.8) is 0 Å². The third-order valence-electron chi connectivity index (χ3n) is 6.20. The standard InChI is InChI=1S/C23H23BrClN3O7S/c1-23-20(35-36(3,29)30)10-32-21(23)19(9-33-23)34-18-8-16-13(7-17(18)31-2)22(27-11-26-16)28-12-4-5-14(24)15(25)6-12/h4-8,11,19-21H,9-10H2,1-3H3,(H,26,27,28)/t19-,20+,21+,23?/m1/s1. The molecule has 3 aromatic rings. The maximum Gasteiger partial charge on any atom is 0.264 e. The summed E-state index contributed by atoms with van der Waals surface area (Å²) in [5.41, 5.74) is 0.413. The fourth-order valence-electron chi connectivity index (χ4n) is 4.42. The second-order valence-corrected chi connectivity index (χ2v) is 11.6. The van der Waals surface area contributed by atoms with Gasteiger partial charge in [0.25, 0.3) is 10.1 Å². The normalized spacial score (nSPS) is 25.6. The topological polar surface area (TPSA) is 118 Å². The molecule has 10 nitrogen and oxygen atoms in total. The molecular formula is C23H23BrClN3O7S. The Kier molecular flexibility index (Phi) is 6.77. The number of hydrogen-bond donors (Lipinski definition) is 1. The van der Waals surface area contributed by atoms with E-state index < -0.39 is 34.0 Å². The molecule has 2 aromatic carbocycles. The average molecular weight is 601 g/mol. The highest BCUT2D eigenvalue weighted by Crippen LogP contribution is 2.43. The number of ether oxygens (including phenoxy) is 4. The number of methoxy groups -OCH3 is 1. The summed E-state index contributed by atoms with van der Waals surface area (Å²) in [6, 6.07) is 9.04. The van der Waals surface area contributed by atoms with E-state index in [0.29, 0.717) is 33.2 Å². The van der Waals surface area contributed by atoms with Crippen molar-refractivity contribution in [3.8, 4) is 11.5 Å². The zero-order valence-corrected chi connectivity index (χ0v) is 22.7. The van der Waals surface area contributed by atoms with Crippen molar-refractivity contribution in [2.45, 2.75) is 30.8 Å². The van der Waals surface area contributed by atoms with Gasteiger partial charge in [-0.15, -0.1) is 0 Å². The Labute approximate surface area is 221 Å². The summed E-state index contributed by atoms with van der Waals surface area (Å²) < 4.78 is 53.0. The molecule has 4 atom stereocenters. The zero-order chi connectivity index (χ0) is 25.7. The van der Waals surface area contributed by atoms with Crippen LogP contribution in [0, 0.1) is 0 Å². The van der Waals surface area contributed by atoms with Gasteiger partial charge in [-0.2, -0.15) is 8.42 Å². The van der Waals surface area contributed by atoms with E-state index in [-0.39, 0.29) is 13.2 Å². The maximum atomic E-state index is 11.7. The van der Waals surface area contributed by atoms with Gasteiger partial charge in [0, 0.05) is 21.6 Å². The lowest BCUT2D eigenvalue weighted by Crippen LogP contribution is -2.46. The van der Waals surface area contributed by atoms with Crippen LogP contribution in [0.3, 0.4) is 0 Å². The second-order valence-electron chi connectivity index (χ2n) is 8.69. The van der Waals surface area contributed by atoms with Crippen molar-refractivity contribution in [1.29, 1.82) is 0 Å². The van der Waals surface area contributed by atoms with Gasteiger partial charge in [-0.05, 0) is 47.1 Å². The van der Waals surface area contributed by atoms with E-state index >= 15 is 0 Å².